The minimum Gasteiger partial charge on any atom is -0.330 e. The number of nitrogens with two attached hydrogens (primary N) is 1. The fourth-order valence-electron chi connectivity index (χ4n) is 1.87. The SMILES string of the molecule is CCc1ccc(-n2cc(CCCCN)nn2)cc1. The molecule has 2 rings (SSSR count). The summed E-state index contributed by atoms with van der Waals surface area (Å²) in [6.07, 6.45) is 6.12. The predicted octanol–water partition coefficient (Wildman–Crippen LogP) is 2.11. The van der Waals surface area contributed by atoms with Crippen molar-refractivity contribution in [1.82, 2.24) is 15.0 Å². The highest BCUT2D eigenvalue weighted by atomic mass is 15.4. The Morgan fingerprint density at radius 3 is 2.61 bits per heavy atom. The lowest BCUT2D eigenvalue weighted by Crippen LogP contribution is -1.99. The van der Waals surface area contributed by atoms with Gasteiger partial charge in [-0.2, -0.15) is 0 Å². The van der Waals surface area contributed by atoms with Crippen LogP contribution < -0.4 is 5.73 Å². The molecule has 0 saturated carbocycles. The third-order valence-electron chi connectivity index (χ3n) is 3.04. The molecular formula is C14H20N4. The van der Waals surface area contributed by atoms with Crippen LogP contribution in [-0.2, 0) is 12.8 Å². The van der Waals surface area contributed by atoms with Gasteiger partial charge in [0.15, 0.2) is 0 Å². The van der Waals surface area contributed by atoms with Gasteiger partial charge in [0.1, 0.15) is 0 Å². The first-order chi connectivity index (χ1) is 8.83. The van der Waals surface area contributed by atoms with Gasteiger partial charge in [0.2, 0.25) is 0 Å². The van der Waals surface area contributed by atoms with Crippen LogP contribution in [0.3, 0.4) is 0 Å². The number of unbranched alkanes of at least 4 members (excludes halogenated alkanes) is 1. The Kier molecular flexibility index (Phi) is 4.47. The lowest BCUT2D eigenvalue weighted by Gasteiger charge is -2.01. The molecular weight excluding hydrogens is 224 g/mol. The lowest BCUT2D eigenvalue weighted by molar-refractivity contribution is 0.727. The van der Waals surface area contributed by atoms with Gasteiger partial charge < -0.3 is 5.73 Å². The molecule has 0 unspecified atom stereocenters. The van der Waals surface area contributed by atoms with Crippen LogP contribution in [0.4, 0.5) is 0 Å². The zero-order valence-corrected chi connectivity index (χ0v) is 10.8. The Hall–Kier alpha value is -1.68. The molecule has 0 aliphatic heterocycles. The lowest BCUT2D eigenvalue weighted by atomic mass is 10.1. The largest absolute Gasteiger partial charge is 0.330 e. The fraction of sp³-hybridized carbons (Fsp3) is 0.429. The van der Waals surface area contributed by atoms with E-state index >= 15 is 0 Å². The van der Waals surface area contributed by atoms with E-state index in [0.29, 0.717) is 0 Å². The molecule has 2 N–H and O–H groups in total. The molecule has 18 heavy (non-hydrogen) atoms. The average molecular weight is 244 g/mol. The molecule has 2 aromatic rings. The van der Waals surface area contributed by atoms with Gasteiger partial charge in [0.05, 0.1) is 17.6 Å². The number of benzene rings is 1. The van der Waals surface area contributed by atoms with Crippen molar-refractivity contribution in [2.45, 2.75) is 32.6 Å². The Morgan fingerprint density at radius 2 is 1.94 bits per heavy atom. The van der Waals surface area contributed by atoms with Crippen LogP contribution in [-0.4, -0.2) is 21.5 Å². The summed E-state index contributed by atoms with van der Waals surface area (Å²) in [7, 11) is 0. The van der Waals surface area contributed by atoms with Gasteiger partial charge in [0, 0.05) is 0 Å². The zero-order valence-electron chi connectivity index (χ0n) is 10.8. The third kappa shape index (κ3) is 3.17. The normalized spacial score (nSPS) is 10.8. The number of hydrogen-bond acceptors (Lipinski definition) is 3. The van der Waals surface area contributed by atoms with Crippen LogP contribution in [0.2, 0.25) is 0 Å². The molecule has 0 atom stereocenters. The number of aromatic nitrogens is 3. The van der Waals surface area contributed by atoms with Crippen molar-refractivity contribution in [3.05, 3.63) is 41.7 Å². The minimum atomic E-state index is 0.743. The highest BCUT2D eigenvalue weighted by Crippen LogP contribution is 2.10. The highest BCUT2D eigenvalue weighted by Gasteiger charge is 2.02. The van der Waals surface area contributed by atoms with Gasteiger partial charge in [-0.1, -0.05) is 24.3 Å². The van der Waals surface area contributed by atoms with Crippen LogP contribution in [0.1, 0.15) is 31.0 Å². The van der Waals surface area contributed by atoms with Crippen LogP contribution >= 0.6 is 0 Å². The first-order valence-electron chi connectivity index (χ1n) is 6.54. The van der Waals surface area contributed by atoms with E-state index in [4.69, 9.17) is 5.73 Å². The van der Waals surface area contributed by atoms with Crippen molar-refractivity contribution in [3.63, 3.8) is 0 Å². The summed E-state index contributed by atoms with van der Waals surface area (Å²) in [5.74, 6) is 0. The monoisotopic (exact) mass is 244 g/mol. The van der Waals surface area contributed by atoms with E-state index in [9.17, 15) is 0 Å². The second-order valence-corrected chi connectivity index (χ2v) is 4.42. The van der Waals surface area contributed by atoms with Crippen LogP contribution in [0.5, 0.6) is 0 Å². The maximum atomic E-state index is 5.48. The second kappa shape index (κ2) is 6.31. The smallest absolute Gasteiger partial charge is 0.0831 e. The summed E-state index contributed by atoms with van der Waals surface area (Å²) < 4.78 is 1.83. The van der Waals surface area contributed by atoms with Crippen LogP contribution in [0, 0.1) is 0 Å². The van der Waals surface area contributed by atoms with E-state index in [1.165, 1.54) is 5.56 Å². The van der Waals surface area contributed by atoms with Gasteiger partial charge in [0.25, 0.3) is 0 Å². The van der Waals surface area contributed by atoms with Gasteiger partial charge >= 0.3 is 0 Å². The van der Waals surface area contributed by atoms with E-state index in [1.807, 2.05) is 10.9 Å². The van der Waals surface area contributed by atoms with Gasteiger partial charge in [-0.25, -0.2) is 4.68 Å². The second-order valence-electron chi connectivity index (χ2n) is 4.42. The molecule has 1 heterocycles. The molecule has 4 heteroatoms. The van der Waals surface area contributed by atoms with Crippen molar-refractivity contribution in [2.24, 2.45) is 5.73 Å². The molecule has 0 radical (unpaired) electrons. The summed E-state index contributed by atoms with van der Waals surface area (Å²) >= 11 is 0. The standard InChI is InChI=1S/C14H20N4/c1-2-12-6-8-14(9-7-12)18-11-13(16-17-18)5-3-4-10-15/h6-9,11H,2-5,10,15H2,1H3. The molecule has 1 aromatic heterocycles. The number of hydrogen-bond donors (Lipinski definition) is 1. The first kappa shape index (κ1) is 12.8. The molecule has 1 aromatic carbocycles. The highest BCUT2D eigenvalue weighted by molar-refractivity contribution is 5.33. The summed E-state index contributed by atoms with van der Waals surface area (Å²) in [5.41, 5.74) is 8.90. The number of aryl methyl sites for hydroxylation is 2. The van der Waals surface area contributed by atoms with Crippen molar-refractivity contribution in [3.8, 4) is 5.69 Å². The molecule has 0 aliphatic carbocycles. The van der Waals surface area contributed by atoms with E-state index in [2.05, 4.69) is 41.5 Å². The van der Waals surface area contributed by atoms with E-state index in [0.717, 1.165) is 43.6 Å². The maximum Gasteiger partial charge on any atom is 0.0831 e. The zero-order chi connectivity index (χ0) is 12.8. The van der Waals surface area contributed by atoms with Crippen molar-refractivity contribution in [1.29, 1.82) is 0 Å². The molecule has 0 amide bonds. The molecule has 4 nitrogen and oxygen atoms in total. The van der Waals surface area contributed by atoms with Gasteiger partial charge in [-0.15, -0.1) is 5.10 Å². The van der Waals surface area contributed by atoms with Crippen molar-refractivity contribution < 1.29 is 0 Å². The Bertz CT molecular complexity index is 473. The minimum absolute atomic E-state index is 0.743. The first-order valence-corrected chi connectivity index (χ1v) is 6.54. The molecule has 0 aliphatic rings. The molecule has 0 saturated heterocycles. The maximum absolute atomic E-state index is 5.48. The van der Waals surface area contributed by atoms with Crippen molar-refractivity contribution in [2.75, 3.05) is 6.54 Å². The summed E-state index contributed by atoms with van der Waals surface area (Å²) in [5, 5.41) is 8.34. The van der Waals surface area contributed by atoms with E-state index < -0.39 is 0 Å². The summed E-state index contributed by atoms with van der Waals surface area (Å²) in [4.78, 5) is 0. The van der Waals surface area contributed by atoms with Gasteiger partial charge in [-0.05, 0) is 49.9 Å². The Balaban J connectivity index is 2.04. The summed E-state index contributed by atoms with van der Waals surface area (Å²) in [6, 6.07) is 8.42. The van der Waals surface area contributed by atoms with E-state index in [-0.39, 0.29) is 0 Å². The number of rotatable bonds is 6. The molecule has 0 fully saturated rings. The Morgan fingerprint density at radius 1 is 1.17 bits per heavy atom. The summed E-state index contributed by atoms with van der Waals surface area (Å²) in [6.45, 7) is 2.90. The Labute approximate surface area is 108 Å². The molecule has 0 bridgehead atoms. The van der Waals surface area contributed by atoms with Gasteiger partial charge in [-0.3, -0.25) is 0 Å². The van der Waals surface area contributed by atoms with Crippen molar-refractivity contribution >= 4 is 0 Å². The molecule has 0 spiro atoms. The van der Waals surface area contributed by atoms with Crippen LogP contribution in [0.15, 0.2) is 30.5 Å². The predicted molar refractivity (Wildman–Crippen MR) is 72.7 cm³/mol. The van der Waals surface area contributed by atoms with Crippen LogP contribution in [0.25, 0.3) is 5.69 Å². The topological polar surface area (TPSA) is 56.7 Å². The number of nitrogens with zero attached hydrogens (tertiary/aromatic N) is 3. The quantitative estimate of drug-likeness (QED) is 0.792. The average Bonchev–Trinajstić information content (AvgIpc) is 2.88. The fourth-order valence-corrected chi connectivity index (χ4v) is 1.87. The third-order valence-corrected chi connectivity index (χ3v) is 3.04. The van der Waals surface area contributed by atoms with E-state index in [1.54, 1.807) is 0 Å². The molecule has 96 valence electrons.